The van der Waals surface area contributed by atoms with Gasteiger partial charge in [-0.15, -0.1) is 22.7 Å². The molecule has 0 saturated carbocycles. The van der Waals surface area contributed by atoms with Crippen molar-refractivity contribution in [2.24, 2.45) is 5.73 Å². The molecule has 0 aliphatic carbocycles. The van der Waals surface area contributed by atoms with Crippen molar-refractivity contribution in [3.05, 3.63) is 62.7 Å². The fraction of sp³-hybridized carbons (Fsp3) is 0.150. The van der Waals surface area contributed by atoms with Gasteiger partial charge in [0.2, 0.25) is 0 Å². The molecule has 0 bridgehead atoms. The maximum Gasteiger partial charge on any atom is 0.266 e. The van der Waals surface area contributed by atoms with Crippen molar-refractivity contribution in [1.82, 2.24) is 9.78 Å². The maximum absolute atomic E-state index is 13.2. The van der Waals surface area contributed by atoms with Crippen molar-refractivity contribution in [2.75, 3.05) is 5.32 Å². The Hall–Kier alpha value is -3.04. The summed E-state index contributed by atoms with van der Waals surface area (Å²) in [4.78, 5) is 26.8. The molecule has 0 aliphatic heterocycles. The van der Waals surface area contributed by atoms with E-state index in [2.05, 4.69) is 10.4 Å². The number of hydrogen-bond donors (Lipinski definition) is 2. The van der Waals surface area contributed by atoms with Crippen LogP contribution in [0.4, 0.5) is 9.39 Å². The molecule has 148 valence electrons. The molecule has 3 heterocycles. The first-order valence-electron chi connectivity index (χ1n) is 8.72. The van der Waals surface area contributed by atoms with Gasteiger partial charge in [-0.1, -0.05) is 0 Å². The first-order valence-corrected chi connectivity index (χ1v) is 10.4. The Labute approximate surface area is 173 Å². The molecule has 0 spiro atoms. The molecule has 0 saturated heterocycles. The van der Waals surface area contributed by atoms with Gasteiger partial charge < -0.3 is 11.1 Å². The van der Waals surface area contributed by atoms with Gasteiger partial charge in [0.05, 0.1) is 21.8 Å². The third-order valence-corrected chi connectivity index (χ3v) is 6.93. The molecule has 1 aromatic carbocycles. The van der Waals surface area contributed by atoms with Crippen LogP contribution in [0.3, 0.4) is 0 Å². The van der Waals surface area contributed by atoms with E-state index in [4.69, 9.17) is 5.73 Å². The lowest BCUT2D eigenvalue weighted by molar-refractivity contribution is 0.100. The zero-order chi connectivity index (χ0) is 20.9. The van der Waals surface area contributed by atoms with Gasteiger partial charge in [-0.3, -0.25) is 9.59 Å². The van der Waals surface area contributed by atoms with Crippen molar-refractivity contribution >= 4 is 49.7 Å². The number of aromatic nitrogens is 2. The number of benzene rings is 1. The number of nitrogens with zero attached hydrogens (tertiary/aromatic N) is 2. The predicted molar refractivity (Wildman–Crippen MR) is 114 cm³/mol. The van der Waals surface area contributed by atoms with Crippen LogP contribution in [0.2, 0.25) is 0 Å². The smallest absolute Gasteiger partial charge is 0.266 e. The number of anilines is 1. The average Bonchev–Trinajstić information content (AvgIpc) is 3.30. The quantitative estimate of drug-likeness (QED) is 0.499. The van der Waals surface area contributed by atoms with E-state index in [1.807, 2.05) is 20.8 Å². The Morgan fingerprint density at radius 2 is 1.83 bits per heavy atom. The molecule has 9 heteroatoms. The molecule has 4 rings (SSSR count). The predicted octanol–water partition coefficient (Wildman–Crippen LogP) is 4.56. The van der Waals surface area contributed by atoms with Gasteiger partial charge in [0.25, 0.3) is 11.8 Å². The first-order chi connectivity index (χ1) is 13.8. The highest BCUT2D eigenvalue weighted by Gasteiger charge is 2.22. The summed E-state index contributed by atoms with van der Waals surface area (Å²) in [5, 5.41) is 8.61. The van der Waals surface area contributed by atoms with Crippen LogP contribution in [-0.2, 0) is 0 Å². The lowest BCUT2D eigenvalue weighted by Gasteiger charge is -2.04. The maximum atomic E-state index is 13.2. The molecular formula is C20H17FN4O2S2. The third-order valence-electron chi connectivity index (χ3n) is 4.70. The van der Waals surface area contributed by atoms with E-state index in [1.165, 1.54) is 34.8 Å². The number of rotatable bonds is 4. The van der Waals surface area contributed by atoms with Crippen molar-refractivity contribution < 1.29 is 14.0 Å². The van der Waals surface area contributed by atoms with Crippen LogP contribution in [0.15, 0.2) is 30.3 Å². The van der Waals surface area contributed by atoms with Gasteiger partial charge >= 0.3 is 0 Å². The molecule has 3 N–H and O–H groups in total. The summed E-state index contributed by atoms with van der Waals surface area (Å²) in [5.74, 6) is -1.21. The molecule has 0 atom stereocenters. The van der Waals surface area contributed by atoms with Crippen LogP contribution in [-0.4, -0.2) is 21.6 Å². The van der Waals surface area contributed by atoms with Crippen LogP contribution in [0.25, 0.3) is 15.9 Å². The Morgan fingerprint density at radius 1 is 1.14 bits per heavy atom. The van der Waals surface area contributed by atoms with Gasteiger partial charge in [0, 0.05) is 10.3 Å². The number of primary amides is 1. The number of carbonyl (C=O) groups excluding carboxylic acids is 2. The van der Waals surface area contributed by atoms with E-state index < -0.39 is 5.91 Å². The largest absolute Gasteiger partial charge is 0.365 e. The van der Waals surface area contributed by atoms with Crippen LogP contribution < -0.4 is 11.1 Å². The minimum absolute atomic E-state index is 0.319. The van der Waals surface area contributed by atoms with Crippen LogP contribution in [0.5, 0.6) is 0 Å². The molecule has 3 aromatic heterocycles. The summed E-state index contributed by atoms with van der Waals surface area (Å²) in [6, 6.07) is 7.78. The van der Waals surface area contributed by atoms with Crippen molar-refractivity contribution in [3.63, 3.8) is 0 Å². The van der Waals surface area contributed by atoms with Crippen LogP contribution in [0, 0.1) is 26.6 Å². The second-order valence-corrected chi connectivity index (χ2v) is 8.86. The number of thiophene rings is 2. The fourth-order valence-corrected chi connectivity index (χ4v) is 5.23. The van der Waals surface area contributed by atoms with Crippen LogP contribution in [0.1, 0.15) is 36.2 Å². The number of nitrogens with one attached hydrogen (secondary N) is 1. The van der Waals surface area contributed by atoms with E-state index in [9.17, 15) is 14.0 Å². The summed E-state index contributed by atoms with van der Waals surface area (Å²) in [6.45, 7) is 5.54. The molecule has 0 radical (unpaired) electrons. The Bertz CT molecular complexity index is 1270. The van der Waals surface area contributed by atoms with E-state index in [0.717, 1.165) is 26.4 Å². The monoisotopic (exact) mass is 428 g/mol. The summed E-state index contributed by atoms with van der Waals surface area (Å²) in [6.07, 6.45) is 0. The highest BCUT2D eigenvalue weighted by Crippen LogP contribution is 2.34. The number of amides is 2. The van der Waals surface area contributed by atoms with Gasteiger partial charge in [0.15, 0.2) is 0 Å². The standard InChI is InChI=1S/C20H17FN4O2S2/c1-9-11(3)28-19(16(9)17(22)26)23-18(27)15-8-14-10(2)24-25(20(14)29-15)13-6-4-12(21)5-7-13/h4-8H,1-3H3,(H2,22,26)(H,23,27). The molecule has 0 aliphatic rings. The van der Waals surface area contributed by atoms with Crippen molar-refractivity contribution in [3.8, 4) is 5.69 Å². The second-order valence-electron chi connectivity index (χ2n) is 6.61. The van der Waals surface area contributed by atoms with Crippen LogP contribution >= 0.6 is 22.7 Å². The number of fused-ring (bicyclic) bond motifs is 1. The third kappa shape index (κ3) is 3.32. The highest BCUT2D eigenvalue weighted by atomic mass is 32.1. The number of halogens is 1. The van der Waals surface area contributed by atoms with E-state index in [0.29, 0.717) is 21.1 Å². The molecule has 4 aromatic rings. The second kappa shape index (κ2) is 7.09. The summed E-state index contributed by atoms with van der Waals surface area (Å²) < 4.78 is 14.9. The highest BCUT2D eigenvalue weighted by molar-refractivity contribution is 7.21. The van der Waals surface area contributed by atoms with Gasteiger partial charge in [-0.2, -0.15) is 5.10 Å². The van der Waals surface area contributed by atoms with Crippen molar-refractivity contribution in [1.29, 1.82) is 0 Å². The van der Waals surface area contributed by atoms with E-state index in [-0.39, 0.29) is 11.7 Å². The molecule has 2 amide bonds. The van der Waals surface area contributed by atoms with E-state index >= 15 is 0 Å². The zero-order valence-electron chi connectivity index (χ0n) is 15.9. The number of hydrogen-bond acceptors (Lipinski definition) is 5. The topological polar surface area (TPSA) is 90.0 Å². The minimum Gasteiger partial charge on any atom is -0.365 e. The van der Waals surface area contributed by atoms with Gasteiger partial charge in [-0.25, -0.2) is 9.07 Å². The summed E-state index contributed by atoms with van der Waals surface area (Å²) >= 11 is 2.60. The molecular weight excluding hydrogens is 411 g/mol. The Kier molecular flexibility index (Phi) is 4.71. The summed E-state index contributed by atoms with van der Waals surface area (Å²) in [7, 11) is 0. The first kappa shape index (κ1) is 19.3. The van der Waals surface area contributed by atoms with Gasteiger partial charge in [0.1, 0.15) is 15.6 Å². The number of carbonyl (C=O) groups is 2. The molecule has 0 fully saturated rings. The SMILES string of the molecule is Cc1sc(NC(=O)c2cc3c(C)nn(-c4ccc(F)cc4)c3s2)c(C(N)=O)c1C. The van der Waals surface area contributed by atoms with Crippen molar-refractivity contribution in [2.45, 2.75) is 20.8 Å². The minimum atomic E-state index is -0.568. The normalized spacial score (nSPS) is 11.2. The fourth-order valence-electron chi connectivity index (χ4n) is 3.09. The Morgan fingerprint density at radius 3 is 2.48 bits per heavy atom. The number of aryl methyl sites for hydroxylation is 2. The Balaban J connectivity index is 1.71. The zero-order valence-corrected chi connectivity index (χ0v) is 17.5. The van der Waals surface area contributed by atoms with E-state index in [1.54, 1.807) is 22.9 Å². The lowest BCUT2D eigenvalue weighted by Crippen LogP contribution is -2.16. The molecule has 0 unspecified atom stereocenters. The molecule has 6 nitrogen and oxygen atoms in total. The van der Waals surface area contributed by atoms with Gasteiger partial charge in [-0.05, 0) is 56.7 Å². The summed E-state index contributed by atoms with van der Waals surface area (Å²) in [5.41, 5.74) is 8.07. The molecule has 29 heavy (non-hydrogen) atoms. The lowest BCUT2D eigenvalue weighted by atomic mass is 10.1. The average molecular weight is 429 g/mol. The number of nitrogens with two attached hydrogens (primary N) is 1.